The first kappa shape index (κ1) is 12.9. The molecule has 0 amide bonds. The molecule has 104 valence electrons. The van der Waals surface area contributed by atoms with Crippen molar-refractivity contribution in [3.63, 3.8) is 0 Å². The molecule has 0 aromatic heterocycles. The van der Waals surface area contributed by atoms with E-state index in [1.165, 1.54) is 12.1 Å². The average Bonchev–Trinajstić information content (AvgIpc) is 2.38. The topological polar surface area (TPSA) is 38.7 Å². The Labute approximate surface area is 112 Å². The fraction of sp³-hybridized carbons (Fsp3) is 0.600. The highest BCUT2D eigenvalue weighted by Crippen LogP contribution is 2.46. The van der Waals surface area contributed by atoms with E-state index in [2.05, 4.69) is 0 Å². The summed E-state index contributed by atoms with van der Waals surface area (Å²) in [5.41, 5.74) is 0.283. The van der Waals surface area contributed by atoms with Crippen molar-refractivity contribution in [2.45, 2.75) is 49.9 Å². The van der Waals surface area contributed by atoms with Crippen LogP contribution in [0.25, 0.3) is 0 Å². The van der Waals surface area contributed by atoms with Crippen LogP contribution in [0.3, 0.4) is 0 Å². The summed E-state index contributed by atoms with van der Waals surface area (Å²) >= 11 is 0. The Morgan fingerprint density at radius 2 is 2.26 bits per heavy atom. The number of ether oxygens (including phenoxy) is 2. The maximum Gasteiger partial charge on any atom is 0.128 e. The number of aliphatic hydroxyl groups excluding tert-OH is 1. The maximum atomic E-state index is 13.3. The first-order valence-electron chi connectivity index (χ1n) is 6.81. The molecule has 2 unspecified atom stereocenters. The van der Waals surface area contributed by atoms with Gasteiger partial charge in [-0.25, -0.2) is 4.39 Å². The molecule has 0 saturated heterocycles. The number of fused-ring (bicyclic) bond motifs is 1. The zero-order valence-corrected chi connectivity index (χ0v) is 11.1. The Morgan fingerprint density at radius 1 is 1.42 bits per heavy atom. The second kappa shape index (κ2) is 4.76. The molecule has 3 rings (SSSR count). The van der Waals surface area contributed by atoms with Crippen molar-refractivity contribution in [3.05, 3.63) is 29.6 Å². The molecule has 3 atom stereocenters. The summed E-state index contributed by atoms with van der Waals surface area (Å²) < 4.78 is 24.8. The highest BCUT2D eigenvalue weighted by atomic mass is 19.1. The quantitative estimate of drug-likeness (QED) is 0.849. The number of hydrogen-bond donors (Lipinski definition) is 1. The minimum atomic E-state index is -0.583. The van der Waals surface area contributed by atoms with E-state index in [0.29, 0.717) is 17.7 Å². The first-order valence-corrected chi connectivity index (χ1v) is 6.81. The monoisotopic (exact) mass is 266 g/mol. The lowest BCUT2D eigenvalue weighted by Gasteiger charge is -2.45. The van der Waals surface area contributed by atoms with Crippen LogP contribution < -0.4 is 4.74 Å². The van der Waals surface area contributed by atoms with Gasteiger partial charge in [0.05, 0.1) is 12.2 Å². The molecule has 1 aromatic carbocycles. The molecule has 1 spiro atoms. The highest BCUT2D eigenvalue weighted by molar-refractivity contribution is 5.38. The molecule has 1 aliphatic heterocycles. The minimum absolute atomic E-state index is 0.163. The molecule has 1 N–H and O–H groups in total. The van der Waals surface area contributed by atoms with Crippen LogP contribution in [0.5, 0.6) is 5.75 Å². The van der Waals surface area contributed by atoms with Crippen LogP contribution in [0.4, 0.5) is 4.39 Å². The summed E-state index contributed by atoms with van der Waals surface area (Å²) in [4.78, 5) is 0. The second-order valence-electron chi connectivity index (χ2n) is 5.64. The van der Waals surface area contributed by atoms with Crippen LogP contribution in [0.2, 0.25) is 0 Å². The lowest BCUT2D eigenvalue weighted by atomic mass is 9.76. The predicted molar refractivity (Wildman–Crippen MR) is 68.6 cm³/mol. The molecule has 0 bridgehead atoms. The fourth-order valence-corrected chi connectivity index (χ4v) is 3.36. The van der Waals surface area contributed by atoms with E-state index >= 15 is 0 Å². The lowest BCUT2D eigenvalue weighted by Crippen LogP contribution is -2.46. The van der Waals surface area contributed by atoms with Crippen LogP contribution in [0.1, 0.15) is 43.8 Å². The summed E-state index contributed by atoms with van der Waals surface area (Å²) in [7, 11) is 1.70. The second-order valence-corrected chi connectivity index (χ2v) is 5.64. The van der Waals surface area contributed by atoms with Crippen LogP contribution >= 0.6 is 0 Å². The van der Waals surface area contributed by atoms with E-state index in [0.717, 1.165) is 25.7 Å². The summed E-state index contributed by atoms with van der Waals surface area (Å²) in [5.74, 6) is 0.151. The lowest BCUT2D eigenvalue weighted by molar-refractivity contribution is -0.0797. The molecule has 1 aromatic rings. The molecule has 2 aliphatic rings. The first-order chi connectivity index (χ1) is 9.12. The standard InChI is InChI=1S/C15H19FO3/c1-18-11-3-2-6-15(8-11)9-13(17)12-5-4-10(16)7-14(12)19-15/h4-5,7,11,13,17H,2-3,6,8-9H2,1H3/t11?,13-,15?/m1/s1. The number of benzene rings is 1. The van der Waals surface area contributed by atoms with E-state index in [1.807, 2.05) is 0 Å². The van der Waals surface area contributed by atoms with Crippen LogP contribution in [0, 0.1) is 5.82 Å². The van der Waals surface area contributed by atoms with Gasteiger partial charge in [-0.15, -0.1) is 0 Å². The number of rotatable bonds is 1. The van der Waals surface area contributed by atoms with E-state index < -0.39 is 11.7 Å². The maximum absolute atomic E-state index is 13.3. The van der Waals surface area contributed by atoms with Gasteiger partial charge in [0, 0.05) is 31.6 Å². The smallest absolute Gasteiger partial charge is 0.128 e. The van der Waals surface area contributed by atoms with Gasteiger partial charge in [-0.1, -0.05) is 0 Å². The SMILES string of the molecule is COC1CCCC2(C1)C[C@@H](O)c1ccc(F)cc1O2. The van der Waals surface area contributed by atoms with Crippen molar-refractivity contribution in [1.82, 2.24) is 0 Å². The van der Waals surface area contributed by atoms with Gasteiger partial charge in [0.2, 0.25) is 0 Å². The van der Waals surface area contributed by atoms with Crippen LogP contribution in [-0.4, -0.2) is 23.9 Å². The highest BCUT2D eigenvalue weighted by Gasteiger charge is 2.44. The van der Waals surface area contributed by atoms with E-state index in [9.17, 15) is 9.50 Å². The molecular weight excluding hydrogens is 247 g/mol. The third-order valence-electron chi connectivity index (χ3n) is 4.32. The summed E-state index contributed by atoms with van der Waals surface area (Å²) in [6.07, 6.45) is 3.82. The van der Waals surface area contributed by atoms with Gasteiger partial charge in [-0.3, -0.25) is 0 Å². The third-order valence-corrected chi connectivity index (χ3v) is 4.32. The number of halogens is 1. The minimum Gasteiger partial charge on any atom is -0.487 e. The van der Waals surface area contributed by atoms with Gasteiger partial charge < -0.3 is 14.6 Å². The largest absolute Gasteiger partial charge is 0.487 e. The summed E-state index contributed by atoms with van der Waals surface area (Å²) in [6.45, 7) is 0. The van der Waals surface area contributed by atoms with Gasteiger partial charge in [-0.05, 0) is 31.4 Å². The number of hydrogen-bond acceptors (Lipinski definition) is 3. The Hall–Kier alpha value is -1.13. The van der Waals surface area contributed by atoms with E-state index in [1.54, 1.807) is 13.2 Å². The molecule has 1 aliphatic carbocycles. The Morgan fingerprint density at radius 3 is 3.05 bits per heavy atom. The summed E-state index contributed by atoms with van der Waals surface area (Å²) in [5, 5.41) is 10.3. The van der Waals surface area contributed by atoms with Crippen LogP contribution in [0.15, 0.2) is 18.2 Å². The van der Waals surface area contributed by atoms with Crippen LogP contribution in [-0.2, 0) is 4.74 Å². The zero-order valence-electron chi connectivity index (χ0n) is 11.1. The molecular formula is C15H19FO3. The number of aliphatic hydroxyl groups is 1. The zero-order chi connectivity index (χ0) is 13.5. The van der Waals surface area contributed by atoms with Crippen molar-refractivity contribution in [2.75, 3.05) is 7.11 Å². The molecule has 3 nitrogen and oxygen atoms in total. The number of methoxy groups -OCH3 is 1. The van der Waals surface area contributed by atoms with Crippen molar-refractivity contribution in [2.24, 2.45) is 0 Å². The van der Waals surface area contributed by atoms with Gasteiger partial charge in [0.25, 0.3) is 0 Å². The van der Waals surface area contributed by atoms with E-state index in [4.69, 9.17) is 9.47 Å². The van der Waals surface area contributed by atoms with Crippen molar-refractivity contribution >= 4 is 0 Å². The Balaban J connectivity index is 1.90. The normalized spacial score (nSPS) is 33.8. The van der Waals surface area contributed by atoms with Gasteiger partial charge >= 0.3 is 0 Å². The van der Waals surface area contributed by atoms with Crippen molar-refractivity contribution < 1.29 is 19.0 Å². The third kappa shape index (κ3) is 2.35. The fourth-order valence-electron chi connectivity index (χ4n) is 3.36. The predicted octanol–water partition coefficient (Wildman–Crippen LogP) is 2.97. The molecule has 1 saturated carbocycles. The average molecular weight is 266 g/mol. The van der Waals surface area contributed by atoms with Crippen molar-refractivity contribution in [3.8, 4) is 5.75 Å². The molecule has 19 heavy (non-hydrogen) atoms. The summed E-state index contributed by atoms with van der Waals surface area (Å²) in [6, 6.07) is 4.34. The van der Waals surface area contributed by atoms with Crippen molar-refractivity contribution in [1.29, 1.82) is 0 Å². The molecule has 1 fully saturated rings. The van der Waals surface area contributed by atoms with E-state index in [-0.39, 0.29) is 11.9 Å². The Bertz CT molecular complexity index is 476. The molecule has 0 radical (unpaired) electrons. The molecule has 4 heteroatoms. The van der Waals surface area contributed by atoms with Gasteiger partial charge in [0.1, 0.15) is 17.2 Å². The molecule has 1 heterocycles. The van der Waals surface area contributed by atoms with Gasteiger partial charge in [-0.2, -0.15) is 0 Å². The Kier molecular flexibility index (Phi) is 3.23. The van der Waals surface area contributed by atoms with Gasteiger partial charge in [0.15, 0.2) is 0 Å².